The van der Waals surface area contributed by atoms with Crippen molar-refractivity contribution in [2.45, 2.75) is 26.2 Å². The van der Waals surface area contributed by atoms with Crippen LogP contribution in [0.5, 0.6) is 11.5 Å². The monoisotopic (exact) mass is 624 g/mol. The van der Waals surface area contributed by atoms with Gasteiger partial charge in [0, 0.05) is 49.2 Å². The Labute approximate surface area is 270 Å². The average Bonchev–Trinajstić information content (AvgIpc) is 3.67. The van der Waals surface area contributed by atoms with Crippen molar-refractivity contribution in [2.24, 2.45) is 7.05 Å². The number of carbonyl (C=O) groups excluding carboxylic acids is 1. The summed E-state index contributed by atoms with van der Waals surface area (Å²) in [4.78, 5) is 22.0. The van der Waals surface area contributed by atoms with Gasteiger partial charge >= 0.3 is 0 Å². The quantitative estimate of drug-likeness (QED) is 0.185. The number of benzene rings is 2. The van der Waals surface area contributed by atoms with Crippen molar-refractivity contribution in [3.63, 3.8) is 0 Å². The number of pyridine rings is 2. The van der Waals surface area contributed by atoms with Crippen molar-refractivity contribution in [1.29, 1.82) is 5.26 Å². The number of aromatic nitrogens is 5. The number of aryl methyl sites for hydroxylation is 2. The fraction of sp³-hybridized carbons (Fsp3) is 0.139. The number of rotatable bonds is 7. The van der Waals surface area contributed by atoms with Crippen LogP contribution in [0.25, 0.3) is 5.65 Å². The highest BCUT2D eigenvalue weighted by molar-refractivity contribution is 6.05. The maximum absolute atomic E-state index is 15.2. The van der Waals surface area contributed by atoms with E-state index in [9.17, 15) is 10.1 Å². The zero-order chi connectivity index (χ0) is 33.1. The van der Waals surface area contributed by atoms with Gasteiger partial charge < -0.3 is 15.4 Å². The zero-order valence-corrected chi connectivity index (χ0v) is 26.0. The number of fused-ring (bicyclic) bond motifs is 1. The highest BCUT2D eigenvalue weighted by atomic mass is 19.1. The number of nitrogens with one attached hydrogen (secondary N) is 2. The number of nitriles is 1. The Morgan fingerprint density at radius 1 is 1.02 bits per heavy atom. The fourth-order valence-electron chi connectivity index (χ4n) is 4.85. The van der Waals surface area contributed by atoms with Gasteiger partial charge in [-0.15, -0.1) is 0 Å². The molecule has 0 saturated carbocycles. The molecule has 2 aromatic carbocycles. The molecule has 0 unspecified atom stereocenters. The van der Waals surface area contributed by atoms with Crippen LogP contribution < -0.4 is 15.4 Å². The number of hydrogen-bond donors (Lipinski definition) is 2. The van der Waals surface area contributed by atoms with Gasteiger partial charge in [-0.2, -0.15) is 10.4 Å². The number of halogens is 1. The number of nitrogens with zero attached hydrogens (tertiary/aromatic N) is 6. The normalized spacial score (nSPS) is 11.0. The maximum Gasteiger partial charge on any atom is 0.258 e. The predicted octanol–water partition coefficient (Wildman–Crippen LogP) is 6.90. The molecule has 6 aromatic rings. The molecule has 0 atom stereocenters. The molecule has 2 N–H and O–H groups in total. The second kappa shape index (κ2) is 12.5. The van der Waals surface area contributed by atoms with Crippen molar-refractivity contribution < 1.29 is 13.9 Å². The molecule has 11 heteroatoms. The molecule has 0 spiro atoms. The number of amides is 1. The summed E-state index contributed by atoms with van der Waals surface area (Å²) in [7, 11) is 1.84. The van der Waals surface area contributed by atoms with E-state index in [1.807, 2.05) is 36.0 Å². The number of imidazole rings is 1. The third-order valence-corrected chi connectivity index (χ3v) is 7.45. The van der Waals surface area contributed by atoms with E-state index in [0.717, 1.165) is 11.4 Å². The molecule has 1 amide bonds. The van der Waals surface area contributed by atoms with Crippen LogP contribution in [-0.4, -0.2) is 30.1 Å². The molecule has 0 aliphatic carbocycles. The molecule has 4 heterocycles. The lowest BCUT2D eigenvalue weighted by Gasteiger charge is -2.19. The van der Waals surface area contributed by atoms with Gasteiger partial charge in [0.15, 0.2) is 5.65 Å². The molecule has 47 heavy (non-hydrogen) atoms. The van der Waals surface area contributed by atoms with Crippen LogP contribution >= 0.6 is 0 Å². The molecule has 4 aromatic heterocycles. The summed E-state index contributed by atoms with van der Waals surface area (Å²) in [6, 6.07) is 17.2. The molecule has 0 aliphatic rings. The second-order valence-corrected chi connectivity index (χ2v) is 11.4. The third kappa shape index (κ3) is 6.65. The lowest BCUT2D eigenvalue weighted by Crippen LogP contribution is -2.17. The smallest absolute Gasteiger partial charge is 0.258 e. The van der Waals surface area contributed by atoms with E-state index < -0.39 is 17.1 Å². The molecular weight excluding hydrogens is 595 g/mol. The summed E-state index contributed by atoms with van der Waals surface area (Å²) in [6.07, 6.45) is 10.3. The number of ether oxygens (including phenoxy) is 1. The van der Waals surface area contributed by atoms with E-state index >= 15 is 4.39 Å². The van der Waals surface area contributed by atoms with Crippen LogP contribution in [0.4, 0.5) is 21.5 Å². The predicted molar refractivity (Wildman–Crippen MR) is 176 cm³/mol. The number of carbonyl (C=O) groups is 1. The van der Waals surface area contributed by atoms with Gasteiger partial charge in [0.25, 0.3) is 5.91 Å². The molecule has 0 bridgehead atoms. The lowest BCUT2D eigenvalue weighted by molar-refractivity contribution is 0.102. The minimum atomic E-state index is -0.887. The Kier molecular flexibility index (Phi) is 8.13. The van der Waals surface area contributed by atoms with E-state index in [-0.39, 0.29) is 5.56 Å². The van der Waals surface area contributed by atoms with Gasteiger partial charge in [0.05, 0.1) is 40.8 Å². The Balaban J connectivity index is 1.28. The van der Waals surface area contributed by atoms with Gasteiger partial charge in [-0.3, -0.25) is 18.9 Å². The van der Waals surface area contributed by atoms with Gasteiger partial charge in [-0.1, -0.05) is 5.92 Å². The minimum Gasteiger partial charge on any atom is -0.457 e. The molecule has 0 saturated heterocycles. The van der Waals surface area contributed by atoms with Gasteiger partial charge in [-0.25, -0.2) is 9.37 Å². The Morgan fingerprint density at radius 3 is 2.57 bits per heavy atom. The molecule has 10 nitrogen and oxygen atoms in total. The summed E-state index contributed by atoms with van der Waals surface area (Å²) < 4.78 is 24.7. The molecule has 0 radical (unpaired) electrons. The van der Waals surface area contributed by atoms with Crippen molar-refractivity contribution >= 4 is 28.6 Å². The fourth-order valence-corrected chi connectivity index (χ4v) is 4.85. The summed E-state index contributed by atoms with van der Waals surface area (Å²) in [5.41, 5.74) is 3.84. The standard InChI is InChI=1S/C36H29FN8O2/c1-23-14-32(37)31(35(46)43-26-16-25(36(2,3)22-38)17-30(18-26)47-29-9-11-39-12-10-29)15-24(23)7-8-28-20-40-34-33(6-5-13-45(28)34)42-27-19-41-44(4)21-27/h5-6,9-21,42H,1-4H3,(H,43,46). The van der Waals surface area contributed by atoms with Crippen LogP contribution in [0.15, 0.2) is 91.8 Å². The highest BCUT2D eigenvalue weighted by Crippen LogP contribution is 2.32. The molecule has 232 valence electrons. The van der Waals surface area contributed by atoms with E-state index in [1.54, 1.807) is 80.6 Å². The van der Waals surface area contributed by atoms with Gasteiger partial charge in [0.2, 0.25) is 0 Å². The lowest BCUT2D eigenvalue weighted by atomic mass is 9.86. The maximum atomic E-state index is 15.2. The van der Waals surface area contributed by atoms with Gasteiger partial charge in [0.1, 0.15) is 23.0 Å². The summed E-state index contributed by atoms with van der Waals surface area (Å²) in [5.74, 6) is 5.77. The SMILES string of the molecule is Cc1cc(F)c(C(=O)Nc2cc(Oc3ccncc3)cc(C(C)(C)C#N)c2)cc1C#Cc1cnc2c(Nc3cnn(C)c3)cccn12. The van der Waals surface area contributed by atoms with Gasteiger partial charge in [-0.05, 0) is 86.3 Å². The van der Waals surface area contributed by atoms with Crippen molar-refractivity contribution in [2.75, 3.05) is 10.6 Å². The second-order valence-electron chi connectivity index (χ2n) is 11.4. The minimum absolute atomic E-state index is 0.178. The van der Waals surface area contributed by atoms with E-state index in [4.69, 9.17) is 4.74 Å². The number of hydrogen-bond acceptors (Lipinski definition) is 7. The van der Waals surface area contributed by atoms with E-state index in [0.29, 0.717) is 45.2 Å². The van der Waals surface area contributed by atoms with E-state index in [1.165, 1.54) is 12.1 Å². The third-order valence-electron chi connectivity index (χ3n) is 7.45. The van der Waals surface area contributed by atoms with Crippen molar-refractivity contribution in [1.82, 2.24) is 24.1 Å². The summed E-state index contributed by atoms with van der Waals surface area (Å²) in [5, 5.41) is 20.0. The molecule has 0 aliphatic heterocycles. The summed E-state index contributed by atoms with van der Waals surface area (Å²) >= 11 is 0. The van der Waals surface area contributed by atoms with Crippen molar-refractivity contribution in [3.8, 4) is 29.4 Å². The Bertz CT molecular complexity index is 2240. The first-order valence-electron chi connectivity index (χ1n) is 14.6. The largest absolute Gasteiger partial charge is 0.457 e. The first-order valence-corrected chi connectivity index (χ1v) is 14.6. The Morgan fingerprint density at radius 2 is 1.83 bits per heavy atom. The Hall–Kier alpha value is -6.46. The van der Waals surface area contributed by atoms with Crippen molar-refractivity contribution in [3.05, 3.63) is 126 Å². The molecule has 6 rings (SSSR count). The van der Waals surface area contributed by atoms with E-state index in [2.05, 4.69) is 43.6 Å². The first-order chi connectivity index (χ1) is 22.6. The van der Waals surface area contributed by atoms with Crippen LogP contribution in [0.1, 0.15) is 46.6 Å². The van der Waals surface area contributed by atoms with Crippen LogP contribution in [0, 0.1) is 35.9 Å². The molecule has 0 fully saturated rings. The first kappa shape index (κ1) is 30.6. The summed E-state index contributed by atoms with van der Waals surface area (Å²) in [6.45, 7) is 5.25. The van der Waals surface area contributed by atoms with Crippen LogP contribution in [-0.2, 0) is 12.5 Å². The van der Waals surface area contributed by atoms with Crippen LogP contribution in [0.2, 0.25) is 0 Å². The average molecular weight is 625 g/mol. The highest BCUT2D eigenvalue weighted by Gasteiger charge is 2.23. The number of anilines is 3. The topological polar surface area (TPSA) is 122 Å². The zero-order valence-electron chi connectivity index (χ0n) is 26.0. The molecular formula is C36H29FN8O2. The van der Waals surface area contributed by atoms with Crippen LogP contribution in [0.3, 0.4) is 0 Å².